The summed E-state index contributed by atoms with van der Waals surface area (Å²) in [6.45, 7) is 10.2. The molecule has 0 saturated carbocycles. The highest BCUT2D eigenvalue weighted by Crippen LogP contribution is 2.20. The maximum atomic E-state index is 3.54. The monoisotopic (exact) mass is 274 g/mol. The van der Waals surface area contributed by atoms with Crippen LogP contribution in [0, 0.1) is 0 Å². The molecule has 2 nitrogen and oxygen atoms in total. The summed E-state index contributed by atoms with van der Waals surface area (Å²) in [5, 5.41) is 3.54. The molecule has 1 aromatic carbocycles. The highest BCUT2D eigenvalue weighted by Gasteiger charge is 2.17. The molecule has 0 aliphatic carbocycles. The first-order valence-corrected chi connectivity index (χ1v) is 8.21. The Morgan fingerprint density at radius 1 is 1.15 bits per heavy atom. The lowest BCUT2D eigenvalue weighted by molar-refractivity contribution is 0.204. The molecule has 1 atom stereocenters. The number of nitrogens with zero attached hydrogens (tertiary/aromatic N) is 1. The molecule has 1 aliphatic rings. The molecule has 1 fully saturated rings. The number of benzene rings is 1. The molecule has 0 spiro atoms. The van der Waals surface area contributed by atoms with Gasteiger partial charge in [-0.05, 0) is 37.4 Å². The molecule has 1 heterocycles. The van der Waals surface area contributed by atoms with Crippen molar-refractivity contribution < 1.29 is 0 Å². The van der Waals surface area contributed by atoms with Crippen LogP contribution < -0.4 is 5.32 Å². The van der Waals surface area contributed by atoms with Crippen LogP contribution in [0.2, 0.25) is 0 Å². The Hall–Kier alpha value is -0.860. The first-order chi connectivity index (χ1) is 9.66. The molecule has 0 aromatic heterocycles. The second-order valence-electron chi connectivity index (χ2n) is 6.47. The molecule has 1 aromatic rings. The average molecular weight is 274 g/mol. The van der Waals surface area contributed by atoms with Crippen LogP contribution >= 0.6 is 0 Å². The van der Waals surface area contributed by atoms with E-state index in [1.807, 2.05) is 0 Å². The largest absolute Gasteiger partial charge is 0.310 e. The van der Waals surface area contributed by atoms with Gasteiger partial charge in [0.2, 0.25) is 0 Å². The van der Waals surface area contributed by atoms with Crippen molar-refractivity contribution in [2.75, 3.05) is 6.54 Å². The molecular formula is C18H30N2. The van der Waals surface area contributed by atoms with Gasteiger partial charge in [-0.2, -0.15) is 0 Å². The standard InChI is InChI=1S/C18H30N2/c1-15(2)19-13-17-10-6-7-11-18(17)14-20-12-8-4-5-9-16(20)3/h6-7,10-11,15-16,19H,4-5,8-9,12-14H2,1-3H3. The van der Waals surface area contributed by atoms with Crippen molar-refractivity contribution in [1.82, 2.24) is 10.2 Å². The van der Waals surface area contributed by atoms with E-state index in [4.69, 9.17) is 0 Å². The van der Waals surface area contributed by atoms with Crippen molar-refractivity contribution in [3.05, 3.63) is 35.4 Å². The lowest BCUT2D eigenvalue weighted by Gasteiger charge is -2.28. The van der Waals surface area contributed by atoms with Crippen LogP contribution in [-0.4, -0.2) is 23.5 Å². The van der Waals surface area contributed by atoms with Crippen molar-refractivity contribution in [2.45, 2.75) is 71.6 Å². The molecule has 2 rings (SSSR count). The molecule has 0 amide bonds. The second kappa shape index (κ2) is 7.80. The highest BCUT2D eigenvalue weighted by atomic mass is 15.1. The van der Waals surface area contributed by atoms with Gasteiger partial charge in [-0.25, -0.2) is 0 Å². The molecular weight excluding hydrogens is 244 g/mol. The summed E-state index contributed by atoms with van der Waals surface area (Å²) >= 11 is 0. The molecule has 112 valence electrons. The summed E-state index contributed by atoms with van der Waals surface area (Å²) in [7, 11) is 0. The summed E-state index contributed by atoms with van der Waals surface area (Å²) in [5.41, 5.74) is 2.95. The first kappa shape index (κ1) is 15.5. The van der Waals surface area contributed by atoms with E-state index in [9.17, 15) is 0 Å². The van der Waals surface area contributed by atoms with Gasteiger partial charge in [0.25, 0.3) is 0 Å². The summed E-state index contributed by atoms with van der Waals surface area (Å²) in [6, 6.07) is 10.2. The Balaban J connectivity index is 2.03. The third-order valence-electron chi connectivity index (χ3n) is 4.38. The zero-order valence-electron chi connectivity index (χ0n) is 13.4. The Kier molecular flexibility index (Phi) is 6.06. The Labute approximate surface area is 124 Å². The van der Waals surface area contributed by atoms with E-state index in [0.29, 0.717) is 6.04 Å². The third-order valence-corrected chi connectivity index (χ3v) is 4.38. The van der Waals surface area contributed by atoms with Gasteiger partial charge >= 0.3 is 0 Å². The van der Waals surface area contributed by atoms with Crippen LogP contribution in [0.5, 0.6) is 0 Å². The lowest BCUT2D eigenvalue weighted by Crippen LogP contribution is -2.32. The SMILES string of the molecule is CC(C)NCc1ccccc1CN1CCCCCC1C. The van der Waals surface area contributed by atoms with Gasteiger partial charge in [0.05, 0.1) is 0 Å². The van der Waals surface area contributed by atoms with Crippen molar-refractivity contribution in [3.63, 3.8) is 0 Å². The van der Waals surface area contributed by atoms with E-state index < -0.39 is 0 Å². The predicted octanol–water partition coefficient (Wildman–Crippen LogP) is 3.95. The summed E-state index contributed by atoms with van der Waals surface area (Å²) in [6.07, 6.45) is 5.51. The van der Waals surface area contributed by atoms with Crippen molar-refractivity contribution >= 4 is 0 Å². The minimum absolute atomic E-state index is 0.542. The van der Waals surface area contributed by atoms with E-state index >= 15 is 0 Å². The number of hydrogen-bond acceptors (Lipinski definition) is 2. The van der Waals surface area contributed by atoms with Crippen molar-refractivity contribution in [2.24, 2.45) is 0 Å². The maximum absolute atomic E-state index is 3.54. The minimum Gasteiger partial charge on any atom is -0.310 e. The van der Waals surface area contributed by atoms with Crippen LogP contribution in [0.15, 0.2) is 24.3 Å². The van der Waals surface area contributed by atoms with Gasteiger partial charge in [0, 0.05) is 25.2 Å². The normalized spacial score (nSPS) is 21.1. The van der Waals surface area contributed by atoms with Gasteiger partial charge < -0.3 is 5.32 Å². The number of likely N-dealkylation sites (tertiary alicyclic amines) is 1. The topological polar surface area (TPSA) is 15.3 Å². The molecule has 2 heteroatoms. The third kappa shape index (κ3) is 4.60. The number of hydrogen-bond donors (Lipinski definition) is 1. The average Bonchev–Trinajstić information content (AvgIpc) is 2.63. The summed E-state index contributed by atoms with van der Waals surface area (Å²) in [4.78, 5) is 2.67. The molecule has 1 unspecified atom stereocenters. The van der Waals surface area contributed by atoms with Crippen molar-refractivity contribution in [3.8, 4) is 0 Å². The van der Waals surface area contributed by atoms with E-state index in [-0.39, 0.29) is 0 Å². The zero-order chi connectivity index (χ0) is 14.4. The molecule has 1 aliphatic heterocycles. The van der Waals surface area contributed by atoms with Gasteiger partial charge in [0.15, 0.2) is 0 Å². The fraction of sp³-hybridized carbons (Fsp3) is 0.667. The number of rotatable bonds is 5. The Bertz CT molecular complexity index is 400. The predicted molar refractivity (Wildman–Crippen MR) is 86.8 cm³/mol. The van der Waals surface area contributed by atoms with E-state index in [0.717, 1.165) is 19.1 Å². The Morgan fingerprint density at radius 2 is 1.90 bits per heavy atom. The second-order valence-corrected chi connectivity index (χ2v) is 6.47. The molecule has 0 radical (unpaired) electrons. The van der Waals surface area contributed by atoms with Gasteiger partial charge in [-0.15, -0.1) is 0 Å². The smallest absolute Gasteiger partial charge is 0.0239 e. The van der Waals surface area contributed by atoms with Crippen LogP contribution in [0.25, 0.3) is 0 Å². The zero-order valence-corrected chi connectivity index (χ0v) is 13.4. The van der Waals surface area contributed by atoms with Crippen LogP contribution in [0.3, 0.4) is 0 Å². The van der Waals surface area contributed by atoms with E-state index in [2.05, 4.69) is 55.3 Å². The summed E-state index contributed by atoms with van der Waals surface area (Å²) < 4.78 is 0. The van der Waals surface area contributed by atoms with Gasteiger partial charge in [0.1, 0.15) is 0 Å². The molecule has 0 bridgehead atoms. The quantitative estimate of drug-likeness (QED) is 0.874. The molecule has 1 N–H and O–H groups in total. The Morgan fingerprint density at radius 3 is 2.65 bits per heavy atom. The molecule has 20 heavy (non-hydrogen) atoms. The molecule has 1 saturated heterocycles. The fourth-order valence-electron chi connectivity index (χ4n) is 2.99. The first-order valence-electron chi connectivity index (χ1n) is 8.21. The van der Waals surface area contributed by atoms with Crippen LogP contribution in [0.1, 0.15) is 57.6 Å². The van der Waals surface area contributed by atoms with Crippen LogP contribution in [0.4, 0.5) is 0 Å². The maximum Gasteiger partial charge on any atom is 0.0239 e. The van der Waals surface area contributed by atoms with E-state index in [1.54, 1.807) is 0 Å². The highest BCUT2D eigenvalue weighted by molar-refractivity contribution is 5.27. The minimum atomic E-state index is 0.542. The number of nitrogens with one attached hydrogen (secondary N) is 1. The van der Waals surface area contributed by atoms with Crippen molar-refractivity contribution in [1.29, 1.82) is 0 Å². The lowest BCUT2D eigenvalue weighted by atomic mass is 10.1. The van der Waals surface area contributed by atoms with Crippen LogP contribution in [-0.2, 0) is 13.1 Å². The fourth-order valence-corrected chi connectivity index (χ4v) is 2.99. The summed E-state index contributed by atoms with van der Waals surface area (Å²) in [5.74, 6) is 0. The van der Waals surface area contributed by atoms with Gasteiger partial charge in [-0.3, -0.25) is 4.90 Å². The van der Waals surface area contributed by atoms with E-state index in [1.165, 1.54) is 43.4 Å². The van der Waals surface area contributed by atoms with Gasteiger partial charge in [-0.1, -0.05) is 51.0 Å².